The third-order valence-electron chi connectivity index (χ3n) is 3.29. The molecule has 0 atom stereocenters. The molecule has 1 amide bonds. The lowest BCUT2D eigenvalue weighted by atomic mass is 10.1. The molecular weight excluding hydrogens is 345 g/mol. The summed E-state index contributed by atoms with van der Waals surface area (Å²) in [6.45, 7) is 1.89. The van der Waals surface area contributed by atoms with Crippen LogP contribution in [0.5, 0.6) is 0 Å². The molecule has 122 valence electrons. The molecule has 0 aliphatic carbocycles. The van der Waals surface area contributed by atoms with Crippen LogP contribution < -0.4 is 5.32 Å². The van der Waals surface area contributed by atoms with Crippen molar-refractivity contribution in [3.63, 3.8) is 0 Å². The van der Waals surface area contributed by atoms with E-state index in [1.54, 1.807) is 18.2 Å². The van der Waals surface area contributed by atoms with Crippen LogP contribution in [-0.4, -0.2) is 16.1 Å². The first-order chi connectivity index (χ1) is 11.6. The van der Waals surface area contributed by atoms with Gasteiger partial charge in [0.1, 0.15) is 5.82 Å². The van der Waals surface area contributed by atoms with Crippen LogP contribution >= 0.6 is 23.1 Å². The second-order valence-corrected chi connectivity index (χ2v) is 7.26. The smallest absolute Gasteiger partial charge is 0.257 e. The number of amides is 1. The summed E-state index contributed by atoms with van der Waals surface area (Å²) in [5.41, 5.74) is 2.53. The Bertz CT molecular complexity index is 849. The summed E-state index contributed by atoms with van der Waals surface area (Å²) in [6.07, 6.45) is 0. The Balaban J connectivity index is 1.60. The zero-order chi connectivity index (χ0) is 16.9. The maximum absolute atomic E-state index is 12.9. The number of anilines is 1. The van der Waals surface area contributed by atoms with E-state index in [9.17, 15) is 9.18 Å². The molecule has 0 fully saturated rings. The van der Waals surface area contributed by atoms with Gasteiger partial charge in [-0.25, -0.2) is 4.39 Å². The van der Waals surface area contributed by atoms with E-state index in [0.717, 1.165) is 15.5 Å². The Labute approximate surface area is 147 Å². The predicted octanol–water partition coefficient (Wildman–Crippen LogP) is 4.53. The number of halogens is 1. The SMILES string of the molecule is Cc1ccccc1C(=O)Nc1nnc(SCc2ccc(F)cc2)s1. The van der Waals surface area contributed by atoms with Gasteiger partial charge in [0.25, 0.3) is 5.91 Å². The quantitative estimate of drug-likeness (QED) is 0.537. The van der Waals surface area contributed by atoms with E-state index in [2.05, 4.69) is 15.5 Å². The standard InChI is InChI=1S/C17H14FN3OS2/c1-11-4-2-3-5-14(11)15(22)19-16-20-21-17(24-16)23-10-12-6-8-13(18)9-7-12/h2-9H,10H2,1H3,(H,19,20,22). The first-order valence-corrected chi connectivity index (χ1v) is 9.00. The number of hydrogen-bond donors (Lipinski definition) is 1. The average Bonchev–Trinajstić information content (AvgIpc) is 3.02. The van der Waals surface area contributed by atoms with Gasteiger partial charge in [0.15, 0.2) is 4.34 Å². The molecule has 0 bridgehead atoms. The number of hydrogen-bond acceptors (Lipinski definition) is 5. The summed E-state index contributed by atoms with van der Waals surface area (Å²) in [5.74, 6) is 0.223. The van der Waals surface area contributed by atoms with Gasteiger partial charge in [-0.05, 0) is 36.2 Å². The number of aromatic nitrogens is 2. The van der Waals surface area contributed by atoms with Gasteiger partial charge in [-0.3, -0.25) is 10.1 Å². The number of thioether (sulfide) groups is 1. The van der Waals surface area contributed by atoms with Crippen molar-refractivity contribution in [1.29, 1.82) is 0 Å². The molecule has 3 rings (SSSR count). The zero-order valence-corrected chi connectivity index (χ0v) is 14.5. The molecule has 1 N–H and O–H groups in total. The molecule has 2 aromatic carbocycles. The average molecular weight is 359 g/mol. The first kappa shape index (κ1) is 16.6. The summed E-state index contributed by atoms with van der Waals surface area (Å²) in [5, 5.41) is 11.3. The van der Waals surface area contributed by atoms with E-state index in [4.69, 9.17) is 0 Å². The number of aryl methyl sites for hydroxylation is 1. The van der Waals surface area contributed by atoms with Gasteiger partial charge in [0.2, 0.25) is 5.13 Å². The van der Waals surface area contributed by atoms with Gasteiger partial charge >= 0.3 is 0 Å². The third kappa shape index (κ3) is 4.18. The normalized spacial score (nSPS) is 10.6. The molecule has 0 radical (unpaired) electrons. The van der Waals surface area contributed by atoms with Crippen molar-refractivity contribution < 1.29 is 9.18 Å². The highest BCUT2D eigenvalue weighted by Gasteiger charge is 2.12. The van der Waals surface area contributed by atoms with Gasteiger partial charge in [-0.2, -0.15) is 0 Å². The van der Waals surface area contributed by atoms with E-state index in [1.807, 2.05) is 25.1 Å². The van der Waals surface area contributed by atoms with Crippen molar-refractivity contribution in [3.8, 4) is 0 Å². The van der Waals surface area contributed by atoms with E-state index >= 15 is 0 Å². The summed E-state index contributed by atoms with van der Waals surface area (Å²) in [4.78, 5) is 12.2. The minimum atomic E-state index is -0.249. The van der Waals surface area contributed by atoms with E-state index in [1.165, 1.54) is 35.2 Å². The Morgan fingerprint density at radius 1 is 1.17 bits per heavy atom. The first-order valence-electron chi connectivity index (χ1n) is 7.19. The Morgan fingerprint density at radius 2 is 1.92 bits per heavy atom. The monoisotopic (exact) mass is 359 g/mol. The van der Waals surface area contributed by atoms with Crippen molar-refractivity contribution in [3.05, 3.63) is 71.0 Å². The minimum Gasteiger partial charge on any atom is -0.296 e. The highest BCUT2D eigenvalue weighted by Crippen LogP contribution is 2.28. The number of rotatable bonds is 5. The van der Waals surface area contributed by atoms with Crippen LogP contribution in [-0.2, 0) is 5.75 Å². The Morgan fingerprint density at radius 3 is 2.67 bits per heavy atom. The number of benzene rings is 2. The molecule has 1 heterocycles. The van der Waals surface area contributed by atoms with Crippen molar-refractivity contribution >= 4 is 34.1 Å². The molecule has 4 nitrogen and oxygen atoms in total. The number of carbonyl (C=O) groups is 1. The maximum Gasteiger partial charge on any atom is 0.257 e. The summed E-state index contributed by atoms with van der Waals surface area (Å²) >= 11 is 2.82. The van der Waals surface area contributed by atoms with Crippen LogP contribution in [0.2, 0.25) is 0 Å². The molecular formula is C17H14FN3OS2. The van der Waals surface area contributed by atoms with Crippen LogP contribution in [0.4, 0.5) is 9.52 Å². The number of nitrogens with one attached hydrogen (secondary N) is 1. The zero-order valence-electron chi connectivity index (χ0n) is 12.8. The molecule has 7 heteroatoms. The summed E-state index contributed by atoms with van der Waals surface area (Å²) < 4.78 is 13.6. The molecule has 0 saturated carbocycles. The summed E-state index contributed by atoms with van der Waals surface area (Å²) in [7, 11) is 0. The van der Waals surface area contributed by atoms with E-state index in [0.29, 0.717) is 16.4 Å². The van der Waals surface area contributed by atoms with Gasteiger partial charge in [0, 0.05) is 11.3 Å². The summed E-state index contributed by atoms with van der Waals surface area (Å²) in [6, 6.07) is 13.7. The largest absolute Gasteiger partial charge is 0.296 e. The predicted molar refractivity (Wildman–Crippen MR) is 95.0 cm³/mol. The Kier molecular flexibility index (Phi) is 5.22. The highest BCUT2D eigenvalue weighted by molar-refractivity contribution is 8.00. The topological polar surface area (TPSA) is 54.9 Å². The third-order valence-corrected chi connectivity index (χ3v) is 5.34. The second kappa shape index (κ2) is 7.55. The van der Waals surface area contributed by atoms with Crippen LogP contribution in [0.3, 0.4) is 0 Å². The lowest BCUT2D eigenvalue weighted by molar-refractivity contribution is 0.102. The lowest BCUT2D eigenvalue weighted by Crippen LogP contribution is -2.12. The Hall–Kier alpha value is -2.25. The molecule has 0 spiro atoms. The molecule has 0 aliphatic rings. The molecule has 24 heavy (non-hydrogen) atoms. The van der Waals surface area contributed by atoms with Crippen molar-refractivity contribution in [2.24, 2.45) is 0 Å². The van der Waals surface area contributed by atoms with Gasteiger partial charge in [0.05, 0.1) is 0 Å². The van der Waals surface area contributed by atoms with Crippen LogP contribution in [0, 0.1) is 12.7 Å². The van der Waals surface area contributed by atoms with Crippen LogP contribution in [0.1, 0.15) is 21.5 Å². The van der Waals surface area contributed by atoms with Gasteiger partial charge < -0.3 is 0 Å². The molecule has 3 aromatic rings. The molecule has 0 aliphatic heterocycles. The maximum atomic E-state index is 12.9. The number of carbonyl (C=O) groups excluding carboxylic acids is 1. The van der Waals surface area contributed by atoms with Crippen LogP contribution in [0.25, 0.3) is 0 Å². The second-order valence-electron chi connectivity index (χ2n) is 5.06. The molecule has 0 saturated heterocycles. The lowest BCUT2D eigenvalue weighted by Gasteiger charge is -2.03. The highest BCUT2D eigenvalue weighted by atomic mass is 32.2. The fraction of sp³-hybridized carbons (Fsp3) is 0.118. The minimum absolute atomic E-state index is 0.195. The fourth-order valence-electron chi connectivity index (χ4n) is 2.04. The van der Waals surface area contributed by atoms with Crippen molar-refractivity contribution in [1.82, 2.24) is 10.2 Å². The fourth-order valence-corrected chi connectivity index (χ4v) is 3.74. The van der Waals surface area contributed by atoms with Crippen molar-refractivity contribution in [2.45, 2.75) is 17.0 Å². The van der Waals surface area contributed by atoms with Crippen molar-refractivity contribution in [2.75, 3.05) is 5.32 Å². The van der Waals surface area contributed by atoms with Gasteiger partial charge in [-0.15, -0.1) is 10.2 Å². The van der Waals surface area contributed by atoms with Crippen LogP contribution in [0.15, 0.2) is 52.9 Å². The van der Waals surface area contributed by atoms with Gasteiger partial charge in [-0.1, -0.05) is 53.4 Å². The van der Waals surface area contributed by atoms with E-state index < -0.39 is 0 Å². The van der Waals surface area contributed by atoms with E-state index in [-0.39, 0.29) is 11.7 Å². The molecule has 0 unspecified atom stereocenters. The number of nitrogens with zero attached hydrogens (tertiary/aromatic N) is 2. The molecule has 1 aromatic heterocycles.